The van der Waals surface area contributed by atoms with Crippen LogP contribution in [0, 0.1) is 12.7 Å². The highest BCUT2D eigenvalue weighted by Gasteiger charge is 2.24. The summed E-state index contributed by atoms with van der Waals surface area (Å²) in [6.07, 6.45) is 0.729. The van der Waals surface area contributed by atoms with E-state index in [9.17, 15) is 14.0 Å². The highest BCUT2D eigenvalue weighted by atomic mass is 32.2. The van der Waals surface area contributed by atoms with Gasteiger partial charge in [0.05, 0.1) is 6.04 Å². The van der Waals surface area contributed by atoms with Gasteiger partial charge in [-0.3, -0.25) is 4.79 Å². The predicted octanol–water partition coefficient (Wildman–Crippen LogP) is 4.19. The Morgan fingerprint density at radius 3 is 2.74 bits per heavy atom. The number of hydrogen-bond acceptors (Lipinski definition) is 3. The molecule has 2 N–H and O–H groups in total. The third kappa shape index (κ3) is 4.24. The van der Waals surface area contributed by atoms with E-state index in [1.807, 2.05) is 13.0 Å². The highest BCUT2D eigenvalue weighted by Crippen LogP contribution is 2.37. The van der Waals surface area contributed by atoms with Crippen LogP contribution in [0.2, 0.25) is 0 Å². The van der Waals surface area contributed by atoms with E-state index >= 15 is 0 Å². The van der Waals surface area contributed by atoms with Crippen molar-refractivity contribution in [1.82, 2.24) is 10.2 Å². The summed E-state index contributed by atoms with van der Waals surface area (Å²) < 4.78 is 14.0. The summed E-state index contributed by atoms with van der Waals surface area (Å²) in [5, 5.41) is 5.74. The summed E-state index contributed by atoms with van der Waals surface area (Å²) in [5.74, 6) is 0.354. The molecular formula is C20H22FN3O2S. The molecule has 1 atom stereocenters. The predicted molar refractivity (Wildman–Crippen MR) is 106 cm³/mol. The molecule has 1 heterocycles. The van der Waals surface area contributed by atoms with Crippen molar-refractivity contribution in [2.24, 2.45) is 0 Å². The molecule has 0 aliphatic carbocycles. The molecule has 0 saturated heterocycles. The number of anilines is 1. The molecule has 27 heavy (non-hydrogen) atoms. The van der Waals surface area contributed by atoms with Crippen molar-refractivity contribution in [3.05, 3.63) is 58.9 Å². The third-order valence-electron chi connectivity index (χ3n) is 4.47. The summed E-state index contributed by atoms with van der Waals surface area (Å²) in [7, 11) is 3.36. The summed E-state index contributed by atoms with van der Waals surface area (Å²) in [6.45, 7) is 1.86. The number of halogens is 1. The molecule has 0 bridgehead atoms. The van der Waals surface area contributed by atoms with Gasteiger partial charge in [0.25, 0.3) is 5.91 Å². The van der Waals surface area contributed by atoms with Crippen molar-refractivity contribution in [2.45, 2.75) is 24.3 Å². The normalized spacial score (nSPS) is 15.6. The SMILES string of the molecule is Cc1ccc(C(=O)N(C)C)cc1NC(=O)N[C@H]1CCSc2c(F)cccc21. The Kier molecular flexibility index (Phi) is 5.70. The largest absolute Gasteiger partial charge is 0.345 e. The molecule has 0 fully saturated rings. The van der Waals surface area contributed by atoms with Crippen LogP contribution in [-0.2, 0) is 0 Å². The Hall–Kier alpha value is -2.54. The number of nitrogens with one attached hydrogen (secondary N) is 2. The Labute approximate surface area is 162 Å². The summed E-state index contributed by atoms with van der Waals surface area (Å²) in [6, 6.07) is 9.52. The standard InChI is InChI=1S/C20H22FN3O2S/c1-12-7-8-13(19(25)24(2)3)11-17(12)23-20(26)22-16-9-10-27-18-14(16)5-4-6-15(18)21/h4-8,11,16H,9-10H2,1-3H3,(H2,22,23,26)/t16-/m0/s1. The highest BCUT2D eigenvalue weighted by molar-refractivity contribution is 7.99. The van der Waals surface area contributed by atoms with E-state index in [0.29, 0.717) is 16.1 Å². The molecule has 3 rings (SSSR count). The van der Waals surface area contributed by atoms with E-state index in [4.69, 9.17) is 0 Å². The minimum Gasteiger partial charge on any atom is -0.345 e. The number of rotatable bonds is 3. The smallest absolute Gasteiger partial charge is 0.319 e. The van der Waals surface area contributed by atoms with Gasteiger partial charge in [-0.25, -0.2) is 9.18 Å². The van der Waals surface area contributed by atoms with Crippen LogP contribution in [0.4, 0.5) is 14.9 Å². The number of aryl methyl sites for hydroxylation is 1. The van der Waals surface area contributed by atoms with Crippen molar-refractivity contribution in [1.29, 1.82) is 0 Å². The quantitative estimate of drug-likeness (QED) is 0.830. The Balaban J connectivity index is 1.75. The van der Waals surface area contributed by atoms with E-state index in [-0.39, 0.29) is 23.8 Å². The van der Waals surface area contributed by atoms with Gasteiger partial charge in [-0.2, -0.15) is 0 Å². The van der Waals surface area contributed by atoms with Gasteiger partial charge < -0.3 is 15.5 Å². The molecule has 0 spiro atoms. The maximum atomic E-state index is 14.0. The van der Waals surface area contributed by atoms with Crippen LogP contribution >= 0.6 is 11.8 Å². The second kappa shape index (κ2) is 8.00. The van der Waals surface area contributed by atoms with E-state index in [2.05, 4.69) is 10.6 Å². The Morgan fingerprint density at radius 2 is 2.00 bits per heavy atom. The van der Waals surface area contributed by atoms with Crippen LogP contribution in [0.5, 0.6) is 0 Å². The fourth-order valence-electron chi connectivity index (χ4n) is 3.00. The molecule has 7 heteroatoms. The first-order valence-electron chi connectivity index (χ1n) is 8.68. The molecule has 0 aromatic heterocycles. The van der Waals surface area contributed by atoms with Crippen LogP contribution in [0.25, 0.3) is 0 Å². The molecule has 0 unspecified atom stereocenters. The van der Waals surface area contributed by atoms with Gasteiger partial charge >= 0.3 is 6.03 Å². The number of hydrogen-bond donors (Lipinski definition) is 2. The number of thioether (sulfide) groups is 1. The first-order chi connectivity index (χ1) is 12.9. The van der Waals surface area contributed by atoms with Crippen LogP contribution in [0.15, 0.2) is 41.3 Å². The molecular weight excluding hydrogens is 365 g/mol. The number of benzene rings is 2. The van der Waals surface area contributed by atoms with E-state index in [1.54, 1.807) is 38.4 Å². The molecule has 1 aliphatic heterocycles. The lowest BCUT2D eigenvalue weighted by molar-refractivity contribution is 0.0827. The van der Waals surface area contributed by atoms with E-state index in [1.165, 1.54) is 22.7 Å². The van der Waals surface area contributed by atoms with Gasteiger partial charge in [-0.05, 0) is 42.7 Å². The number of amides is 3. The second-order valence-electron chi connectivity index (χ2n) is 6.68. The Bertz CT molecular complexity index is 886. The number of nitrogens with zero attached hydrogens (tertiary/aromatic N) is 1. The first kappa shape index (κ1) is 19.2. The molecule has 2 aromatic carbocycles. The molecule has 0 saturated carbocycles. The van der Waals surface area contributed by atoms with E-state index < -0.39 is 0 Å². The summed E-state index contributed by atoms with van der Waals surface area (Å²) in [4.78, 5) is 26.8. The van der Waals surface area contributed by atoms with Gasteiger partial charge in [0.1, 0.15) is 5.82 Å². The molecule has 5 nitrogen and oxygen atoms in total. The monoisotopic (exact) mass is 387 g/mol. The van der Waals surface area contributed by atoms with Crippen LogP contribution < -0.4 is 10.6 Å². The number of fused-ring (bicyclic) bond motifs is 1. The van der Waals surface area contributed by atoms with Gasteiger partial charge in [-0.15, -0.1) is 11.8 Å². The van der Waals surface area contributed by atoms with Gasteiger partial charge in [0, 0.05) is 36.0 Å². The molecule has 2 aromatic rings. The topological polar surface area (TPSA) is 61.4 Å². The van der Waals surface area contributed by atoms with Crippen LogP contribution in [0.3, 0.4) is 0 Å². The molecule has 1 aliphatic rings. The van der Waals surface area contributed by atoms with Crippen molar-refractivity contribution in [3.63, 3.8) is 0 Å². The van der Waals surface area contributed by atoms with Gasteiger partial charge in [0.15, 0.2) is 0 Å². The van der Waals surface area contributed by atoms with E-state index in [0.717, 1.165) is 23.3 Å². The number of urea groups is 1. The number of carbonyl (C=O) groups is 2. The van der Waals surface area contributed by atoms with Gasteiger partial charge in [0.2, 0.25) is 0 Å². The third-order valence-corrected chi connectivity index (χ3v) is 5.63. The zero-order valence-corrected chi connectivity index (χ0v) is 16.3. The molecule has 142 valence electrons. The lowest BCUT2D eigenvalue weighted by Gasteiger charge is -2.26. The van der Waals surface area contributed by atoms with Crippen LogP contribution in [-0.4, -0.2) is 36.7 Å². The summed E-state index contributed by atoms with van der Waals surface area (Å²) in [5.41, 5.74) is 2.73. The lowest BCUT2D eigenvalue weighted by atomic mass is 10.0. The second-order valence-corrected chi connectivity index (χ2v) is 7.78. The fraction of sp³-hybridized carbons (Fsp3) is 0.300. The summed E-state index contributed by atoms with van der Waals surface area (Å²) >= 11 is 1.47. The zero-order chi connectivity index (χ0) is 19.6. The maximum absolute atomic E-state index is 14.0. The Morgan fingerprint density at radius 1 is 1.22 bits per heavy atom. The first-order valence-corrected chi connectivity index (χ1v) is 9.66. The zero-order valence-electron chi connectivity index (χ0n) is 15.5. The minimum atomic E-state index is -0.375. The lowest BCUT2D eigenvalue weighted by Crippen LogP contribution is -2.34. The molecule has 0 radical (unpaired) electrons. The van der Waals surface area contributed by atoms with Crippen molar-refractivity contribution >= 4 is 29.4 Å². The van der Waals surface area contributed by atoms with Crippen molar-refractivity contribution < 1.29 is 14.0 Å². The van der Waals surface area contributed by atoms with Gasteiger partial charge in [-0.1, -0.05) is 18.2 Å². The maximum Gasteiger partial charge on any atom is 0.319 e. The fourth-order valence-corrected chi connectivity index (χ4v) is 4.14. The number of carbonyl (C=O) groups excluding carboxylic acids is 2. The average Bonchev–Trinajstić information content (AvgIpc) is 2.63. The van der Waals surface area contributed by atoms with Crippen molar-refractivity contribution in [3.8, 4) is 0 Å². The minimum absolute atomic E-state index is 0.132. The van der Waals surface area contributed by atoms with Crippen LogP contribution in [0.1, 0.15) is 33.9 Å². The average molecular weight is 387 g/mol. The van der Waals surface area contributed by atoms with Crippen molar-refractivity contribution in [2.75, 3.05) is 25.2 Å². The molecule has 3 amide bonds.